The van der Waals surface area contributed by atoms with Gasteiger partial charge in [0.2, 0.25) is 5.91 Å². The molecule has 0 aliphatic carbocycles. The van der Waals surface area contributed by atoms with Crippen molar-refractivity contribution in [2.75, 3.05) is 18.4 Å². The van der Waals surface area contributed by atoms with Gasteiger partial charge in [-0.25, -0.2) is 0 Å². The van der Waals surface area contributed by atoms with E-state index in [4.69, 9.17) is 4.42 Å². The van der Waals surface area contributed by atoms with E-state index in [0.29, 0.717) is 19.0 Å². The van der Waals surface area contributed by atoms with Crippen molar-refractivity contribution in [2.24, 2.45) is 0 Å². The zero-order valence-corrected chi connectivity index (χ0v) is 11.2. The molecule has 0 aliphatic heterocycles. The van der Waals surface area contributed by atoms with Crippen LogP contribution in [0.3, 0.4) is 0 Å². The zero-order valence-electron chi connectivity index (χ0n) is 11.2. The van der Waals surface area contributed by atoms with Crippen LogP contribution in [0.2, 0.25) is 0 Å². The van der Waals surface area contributed by atoms with Crippen molar-refractivity contribution in [1.29, 1.82) is 0 Å². The van der Waals surface area contributed by atoms with E-state index in [1.54, 1.807) is 17.0 Å². The number of furan rings is 1. The largest absolute Gasteiger partial charge is 0.435 e. The molecule has 5 nitrogen and oxygen atoms in total. The van der Waals surface area contributed by atoms with E-state index < -0.39 is 0 Å². The summed E-state index contributed by atoms with van der Waals surface area (Å²) in [4.78, 5) is 24.8. The molecule has 0 unspecified atom stereocenters. The molecule has 100 valence electrons. The second-order valence-corrected chi connectivity index (χ2v) is 4.14. The average molecular weight is 252 g/mol. The van der Waals surface area contributed by atoms with E-state index in [1.165, 1.54) is 6.92 Å². The van der Waals surface area contributed by atoms with Crippen molar-refractivity contribution >= 4 is 17.7 Å². The summed E-state index contributed by atoms with van der Waals surface area (Å²) in [6.45, 7) is 6.87. The first kappa shape index (κ1) is 14.3. The van der Waals surface area contributed by atoms with E-state index >= 15 is 0 Å². The Labute approximate surface area is 107 Å². The minimum absolute atomic E-state index is 0.129. The fourth-order valence-electron chi connectivity index (χ4n) is 1.70. The van der Waals surface area contributed by atoms with Crippen molar-refractivity contribution < 1.29 is 14.0 Å². The lowest BCUT2D eigenvalue weighted by Crippen LogP contribution is -2.32. The molecule has 0 aliphatic rings. The minimum Gasteiger partial charge on any atom is -0.435 e. The van der Waals surface area contributed by atoms with Gasteiger partial charge in [0.05, 0.1) is 0 Å². The Morgan fingerprint density at radius 2 is 1.83 bits per heavy atom. The first-order valence-corrected chi connectivity index (χ1v) is 6.25. The van der Waals surface area contributed by atoms with Crippen molar-refractivity contribution in [3.8, 4) is 0 Å². The Hall–Kier alpha value is -1.78. The quantitative estimate of drug-likeness (QED) is 0.846. The molecule has 0 radical (unpaired) electrons. The maximum absolute atomic E-state index is 12.1. The third-order valence-corrected chi connectivity index (χ3v) is 2.39. The molecule has 0 atom stereocenters. The Morgan fingerprint density at radius 3 is 2.33 bits per heavy atom. The normalized spacial score (nSPS) is 10.2. The third kappa shape index (κ3) is 3.91. The summed E-state index contributed by atoms with van der Waals surface area (Å²) in [5.41, 5.74) is 0. The molecule has 1 N–H and O–H groups in total. The molecule has 0 spiro atoms. The number of anilines is 1. The molecule has 0 aromatic carbocycles. The Morgan fingerprint density at radius 1 is 1.22 bits per heavy atom. The van der Waals surface area contributed by atoms with Crippen molar-refractivity contribution in [3.63, 3.8) is 0 Å². The van der Waals surface area contributed by atoms with Crippen LogP contribution in [-0.4, -0.2) is 29.8 Å². The predicted molar refractivity (Wildman–Crippen MR) is 69.5 cm³/mol. The molecule has 0 fully saturated rings. The highest BCUT2D eigenvalue weighted by molar-refractivity contribution is 5.93. The molecule has 1 heterocycles. The van der Waals surface area contributed by atoms with Gasteiger partial charge in [-0.15, -0.1) is 0 Å². The van der Waals surface area contributed by atoms with E-state index in [0.717, 1.165) is 12.8 Å². The number of hydrogen-bond acceptors (Lipinski definition) is 3. The van der Waals surface area contributed by atoms with Crippen molar-refractivity contribution in [1.82, 2.24) is 4.90 Å². The Bertz CT molecular complexity index is 406. The first-order chi connectivity index (χ1) is 8.58. The van der Waals surface area contributed by atoms with Gasteiger partial charge in [0.1, 0.15) is 0 Å². The van der Waals surface area contributed by atoms with Crippen LogP contribution in [-0.2, 0) is 4.79 Å². The second kappa shape index (κ2) is 6.83. The van der Waals surface area contributed by atoms with Gasteiger partial charge >= 0.3 is 0 Å². The number of hydrogen-bond donors (Lipinski definition) is 1. The van der Waals surface area contributed by atoms with Gasteiger partial charge in [-0.05, 0) is 18.9 Å². The van der Waals surface area contributed by atoms with Crippen LogP contribution in [0.15, 0.2) is 16.5 Å². The molecule has 0 saturated carbocycles. The van der Waals surface area contributed by atoms with E-state index in [2.05, 4.69) is 5.32 Å². The lowest BCUT2D eigenvalue weighted by Gasteiger charge is -2.19. The fraction of sp³-hybridized carbons (Fsp3) is 0.538. The summed E-state index contributed by atoms with van der Waals surface area (Å²) in [5.74, 6) is 0.220. The molecule has 0 bridgehead atoms. The van der Waals surface area contributed by atoms with Crippen molar-refractivity contribution in [3.05, 3.63) is 17.9 Å². The molecule has 0 saturated heterocycles. The molecule has 2 amide bonds. The van der Waals surface area contributed by atoms with E-state index in [9.17, 15) is 9.59 Å². The van der Waals surface area contributed by atoms with Crippen LogP contribution >= 0.6 is 0 Å². The first-order valence-electron chi connectivity index (χ1n) is 6.25. The van der Waals surface area contributed by atoms with Crippen LogP contribution in [0.4, 0.5) is 5.88 Å². The summed E-state index contributed by atoms with van der Waals surface area (Å²) in [7, 11) is 0. The molecular formula is C13H20N2O3. The standard InChI is InChI=1S/C13H20N2O3/c1-4-8-15(9-5-2)13(17)11-6-7-12(18-11)14-10(3)16/h6-7H,4-5,8-9H2,1-3H3,(H,14,16). The lowest BCUT2D eigenvalue weighted by molar-refractivity contribution is -0.114. The van der Waals surface area contributed by atoms with Gasteiger partial charge in [0.15, 0.2) is 11.6 Å². The fourth-order valence-corrected chi connectivity index (χ4v) is 1.70. The van der Waals surface area contributed by atoms with Crippen molar-refractivity contribution in [2.45, 2.75) is 33.6 Å². The van der Waals surface area contributed by atoms with Crippen LogP contribution in [0, 0.1) is 0 Å². The zero-order chi connectivity index (χ0) is 13.5. The number of carbonyl (C=O) groups is 2. The monoisotopic (exact) mass is 252 g/mol. The summed E-state index contributed by atoms with van der Waals surface area (Å²) >= 11 is 0. The minimum atomic E-state index is -0.220. The van der Waals surface area contributed by atoms with E-state index in [1.807, 2.05) is 13.8 Å². The van der Waals surface area contributed by atoms with Crippen LogP contribution < -0.4 is 5.32 Å². The molecule has 18 heavy (non-hydrogen) atoms. The third-order valence-electron chi connectivity index (χ3n) is 2.39. The topological polar surface area (TPSA) is 62.6 Å². The van der Waals surface area contributed by atoms with Crippen LogP contribution in [0.1, 0.15) is 44.2 Å². The number of rotatable bonds is 6. The van der Waals surface area contributed by atoms with Gasteiger partial charge in [-0.1, -0.05) is 13.8 Å². The molecule has 1 aromatic heterocycles. The van der Waals surface area contributed by atoms with Gasteiger partial charge in [-0.3, -0.25) is 14.9 Å². The Kier molecular flexibility index (Phi) is 5.42. The second-order valence-electron chi connectivity index (χ2n) is 4.14. The van der Waals surface area contributed by atoms with Gasteiger partial charge in [0.25, 0.3) is 5.91 Å². The van der Waals surface area contributed by atoms with Gasteiger partial charge < -0.3 is 9.32 Å². The lowest BCUT2D eigenvalue weighted by atomic mass is 10.3. The summed E-state index contributed by atoms with van der Waals surface area (Å²) in [6, 6.07) is 3.18. The summed E-state index contributed by atoms with van der Waals surface area (Å²) in [6.07, 6.45) is 1.82. The SMILES string of the molecule is CCCN(CCC)C(=O)c1ccc(NC(C)=O)o1. The number of amides is 2. The van der Waals surface area contributed by atoms with Crippen LogP contribution in [0.5, 0.6) is 0 Å². The smallest absolute Gasteiger partial charge is 0.289 e. The summed E-state index contributed by atoms with van der Waals surface area (Å²) < 4.78 is 5.31. The van der Waals surface area contributed by atoms with E-state index in [-0.39, 0.29) is 17.6 Å². The summed E-state index contributed by atoms with van der Waals surface area (Å²) in [5, 5.41) is 2.51. The average Bonchev–Trinajstić information content (AvgIpc) is 2.75. The highest BCUT2D eigenvalue weighted by atomic mass is 16.4. The molecule has 1 aromatic rings. The Balaban J connectivity index is 2.74. The predicted octanol–water partition coefficient (Wildman–Crippen LogP) is 2.50. The van der Waals surface area contributed by atoms with Gasteiger partial charge in [0, 0.05) is 26.1 Å². The van der Waals surface area contributed by atoms with Crippen LogP contribution in [0.25, 0.3) is 0 Å². The van der Waals surface area contributed by atoms with Gasteiger partial charge in [-0.2, -0.15) is 0 Å². The molecular weight excluding hydrogens is 232 g/mol. The number of carbonyl (C=O) groups excluding carboxylic acids is 2. The highest BCUT2D eigenvalue weighted by Gasteiger charge is 2.18. The maximum atomic E-state index is 12.1. The maximum Gasteiger partial charge on any atom is 0.289 e. The molecule has 1 rings (SSSR count). The molecule has 5 heteroatoms. The number of nitrogens with zero attached hydrogens (tertiary/aromatic N) is 1. The highest BCUT2D eigenvalue weighted by Crippen LogP contribution is 2.15. The number of nitrogens with one attached hydrogen (secondary N) is 1.